The number of aromatic amines is 1. The summed E-state index contributed by atoms with van der Waals surface area (Å²) in [6.45, 7) is 2.43. The molecule has 0 radical (unpaired) electrons. The Hall–Kier alpha value is -2.05. The Labute approximate surface area is 131 Å². The summed E-state index contributed by atoms with van der Waals surface area (Å²) in [5.74, 6) is 2.00. The first-order chi connectivity index (χ1) is 10.6. The van der Waals surface area contributed by atoms with Gasteiger partial charge < -0.3 is 14.3 Å². The van der Waals surface area contributed by atoms with E-state index in [0.717, 1.165) is 33.7 Å². The molecule has 0 fully saturated rings. The summed E-state index contributed by atoms with van der Waals surface area (Å²) < 4.78 is 17.0. The zero-order chi connectivity index (χ0) is 15.5. The molecule has 0 bridgehead atoms. The van der Waals surface area contributed by atoms with Crippen molar-refractivity contribution in [2.75, 3.05) is 18.6 Å². The molecule has 22 heavy (non-hydrogen) atoms. The van der Waals surface area contributed by atoms with Gasteiger partial charge in [-0.25, -0.2) is 4.98 Å². The quantitative estimate of drug-likeness (QED) is 0.735. The third kappa shape index (κ3) is 3.23. The number of hydrogen-bond donors (Lipinski definition) is 1. The van der Waals surface area contributed by atoms with Gasteiger partial charge in [0.2, 0.25) is 0 Å². The Morgan fingerprint density at radius 3 is 2.95 bits per heavy atom. The fourth-order valence-electron chi connectivity index (χ4n) is 2.20. The van der Waals surface area contributed by atoms with Gasteiger partial charge in [0.1, 0.15) is 29.5 Å². The van der Waals surface area contributed by atoms with Crippen molar-refractivity contribution >= 4 is 22.2 Å². The van der Waals surface area contributed by atoms with Crippen LogP contribution in [0.4, 0.5) is 0 Å². The van der Waals surface area contributed by atoms with E-state index >= 15 is 0 Å². The first kappa shape index (κ1) is 14.9. The molecule has 6 heteroatoms. The van der Waals surface area contributed by atoms with E-state index in [0.29, 0.717) is 12.4 Å². The van der Waals surface area contributed by atoms with Gasteiger partial charge in [-0.1, -0.05) is 17.2 Å². The maximum absolute atomic E-state index is 11.2. The van der Waals surface area contributed by atoms with E-state index in [-0.39, 0.29) is 0 Å². The van der Waals surface area contributed by atoms with Crippen molar-refractivity contribution in [2.45, 2.75) is 6.92 Å². The Morgan fingerprint density at radius 1 is 1.32 bits per heavy atom. The van der Waals surface area contributed by atoms with Gasteiger partial charge in [-0.3, -0.25) is 4.98 Å². The lowest BCUT2D eigenvalue weighted by molar-refractivity contribution is 0.342. The minimum atomic E-state index is -0.865. The van der Waals surface area contributed by atoms with E-state index in [1.165, 1.54) is 0 Å². The van der Waals surface area contributed by atoms with Crippen molar-refractivity contribution in [3.8, 4) is 17.1 Å². The molecule has 0 aliphatic carbocycles. The normalized spacial score (nSPS) is 12.5. The summed E-state index contributed by atoms with van der Waals surface area (Å²) in [4.78, 5) is 11.9. The van der Waals surface area contributed by atoms with Gasteiger partial charge in [0.15, 0.2) is 0 Å². The zero-order valence-corrected chi connectivity index (χ0v) is 13.3. The van der Waals surface area contributed by atoms with Crippen molar-refractivity contribution in [1.82, 2.24) is 15.0 Å². The van der Waals surface area contributed by atoms with Crippen molar-refractivity contribution in [3.05, 3.63) is 42.2 Å². The van der Waals surface area contributed by atoms with Gasteiger partial charge in [-0.15, -0.1) is 0 Å². The Bertz CT molecular complexity index is 753. The topological polar surface area (TPSA) is 73.9 Å². The van der Waals surface area contributed by atoms with Gasteiger partial charge in [-0.2, -0.15) is 0 Å². The number of nitrogens with zero attached hydrogens (tertiary/aromatic N) is 2. The number of aryl methyl sites for hydroxylation is 1. The molecule has 0 amide bonds. The van der Waals surface area contributed by atoms with Crippen LogP contribution in [-0.2, 0) is 11.2 Å². The third-order valence-electron chi connectivity index (χ3n) is 3.31. The predicted octanol–water partition coefficient (Wildman–Crippen LogP) is 2.69. The Kier molecular flexibility index (Phi) is 4.31. The van der Waals surface area contributed by atoms with Gasteiger partial charge in [0, 0.05) is 6.20 Å². The monoisotopic (exact) mass is 315 g/mol. The molecule has 1 N–H and O–H groups in total. The largest absolute Gasteiger partial charge is 0.616 e. The lowest BCUT2D eigenvalue weighted by Gasteiger charge is -2.11. The van der Waals surface area contributed by atoms with Crippen LogP contribution in [0.1, 0.15) is 5.56 Å². The average molecular weight is 315 g/mol. The van der Waals surface area contributed by atoms with Crippen LogP contribution in [0, 0.1) is 6.92 Å². The van der Waals surface area contributed by atoms with E-state index in [9.17, 15) is 4.55 Å². The minimum absolute atomic E-state index is 0.418. The second-order valence-corrected chi connectivity index (χ2v) is 6.66. The summed E-state index contributed by atoms with van der Waals surface area (Å²) in [5.41, 5.74) is 3.75. The summed E-state index contributed by atoms with van der Waals surface area (Å²) in [7, 11) is 0. The van der Waals surface area contributed by atoms with E-state index in [1.807, 2.05) is 31.2 Å². The number of hydrogen-bond acceptors (Lipinski definition) is 4. The molecule has 0 saturated heterocycles. The number of ether oxygens (including phenoxy) is 1. The highest BCUT2D eigenvalue weighted by atomic mass is 32.2. The highest BCUT2D eigenvalue weighted by Crippen LogP contribution is 2.30. The molecule has 5 nitrogen and oxygen atoms in total. The standard InChI is InChI=1S/C16H17N3O2S/c1-11-3-4-12(15(9-11)21-7-8-22(2)20)16-18-13-5-6-17-10-14(13)19-16/h3-6,9-10H,7-8H2,1-2H3,(H,18,19). The fourth-order valence-corrected chi connectivity index (χ4v) is 2.52. The second-order valence-electron chi connectivity index (χ2n) is 5.10. The van der Waals surface area contributed by atoms with Crippen LogP contribution < -0.4 is 4.74 Å². The fraction of sp³-hybridized carbons (Fsp3) is 0.250. The van der Waals surface area contributed by atoms with Crippen LogP contribution in [0.3, 0.4) is 0 Å². The van der Waals surface area contributed by atoms with Crippen LogP contribution in [0.25, 0.3) is 22.4 Å². The molecule has 0 saturated carbocycles. The molecule has 0 aliphatic heterocycles. The second kappa shape index (κ2) is 6.37. The first-order valence-electron chi connectivity index (χ1n) is 6.97. The molecule has 0 aliphatic rings. The van der Waals surface area contributed by atoms with Crippen LogP contribution in [-0.4, -0.2) is 38.1 Å². The zero-order valence-electron chi connectivity index (χ0n) is 12.5. The predicted molar refractivity (Wildman–Crippen MR) is 88.5 cm³/mol. The van der Waals surface area contributed by atoms with Crippen LogP contribution in [0.2, 0.25) is 0 Å². The van der Waals surface area contributed by atoms with E-state index in [4.69, 9.17) is 4.74 Å². The molecule has 2 heterocycles. The van der Waals surface area contributed by atoms with Gasteiger partial charge in [0.25, 0.3) is 0 Å². The van der Waals surface area contributed by atoms with Crippen molar-refractivity contribution in [3.63, 3.8) is 0 Å². The van der Waals surface area contributed by atoms with Crippen molar-refractivity contribution in [1.29, 1.82) is 0 Å². The summed E-state index contributed by atoms with van der Waals surface area (Å²) in [6.07, 6.45) is 5.13. The van der Waals surface area contributed by atoms with E-state index < -0.39 is 11.2 Å². The number of pyridine rings is 1. The van der Waals surface area contributed by atoms with Crippen LogP contribution in [0.15, 0.2) is 36.7 Å². The van der Waals surface area contributed by atoms with Crippen LogP contribution >= 0.6 is 0 Å². The third-order valence-corrected chi connectivity index (χ3v) is 4.05. The number of imidazole rings is 1. The smallest absolute Gasteiger partial charge is 0.142 e. The Balaban J connectivity index is 1.94. The molecular formula is C16H17N3O2S. The van der Waals surface area contributed by atoms with Gasteiger partial charge in [0.05, 0.1) is 23.5 Å². The number of nitrogens with one attached hydrogen (secondary N) is 1. The van der Waals surface area contributed by atoms with Crippen molar-refractivity contribution in [2.24, 2.45) is 0 Å². The highest BCUT2D eigenvalue weighted by Gasteiger charge is 2.12. The molecule has 2 aromatic heterocycles. The molecule has 1 unspecified atom stereocenters. The summed E-state index contributed by atoms with van der Waals surface area (Å²) in [5, 5.41) is 0. The SMILES string of the molecule is Cc1ccc(-c2nc3cnccc3[nH]2)c(OCC[S+](C)[O-])c1. The molecule has 1 aromatic carbocycles. The number of fused-ring (bicyclic) bond motifs is 1. The maximum atomic E-state index is 11.2. The van der Waals surface area contributed by atoms with E-state index in [2.05, 4.69) is 15.0 Å². The number of rotatable bonds is 5. The molecule has 0 spiro atoms. The molecule has 114 valence electrons. The molecular weight excluding hydrogens is 298 g/mol. The Morgan fingerprint density at radius 2 is 2.18 bits per heavy atom. The van der Waals surface area contributed by atoms with Gasteiger partial charge in [-0.05, 0) is 30.7 Å². The maximum Gasteiger partial charge on any atom is 0.142 e. The number of aromatic nitrogens is 3. The molecule has 3 rings (SSSR count). The average Bonchev–Trinajstić information content (AvgIpc) is 2.90. The highest BCUT2D eigenvalue weighted by molar-refractivity contribution is 7.90. The lowest BCUT2D eigenvalue weighted by Crippen LogP contribution is -2.12. The minimum Gasteiger partial charge on any atom is -0.616 e. The van der Waals surface area contributed by atoms with Crippen molar-refractivity contribution < 1.29 is 9.29 Å². The number of H-pyrrole nitrogens is 1. The molecule has 3 aromatic rings. The van der Waals surface area contributed by atoms with Gasteiger partial charge >= 0.3 is 0 Å². The lowest BCUT2D eigenvalue weighted by atomic mass is 10.1. The summed E-state index contributed by atoms with van der Waals surface area (Å²) >= 11 is -0.865. The number of benzene rings is 1. The first-order valence-corrected chi connectivity index (χ1v) is 8.70. The van der Waals surface area contributed by atoms with E-state index in [1.54, 1.807) is 18.6 Å². The molecule has 1 atom stereocenters. The summed E-state index contributed by atoms with van der Waals surface area (Å²) in [6, 6.07) is 7.87. The van der Waals surface area contributed by atoms with Crippen LogP contribution in [0.5, 0.6) is 5.75 Å².